The highest BCUT2D eigenvalue weighted by molar-refractivity contribution is 6.31. The zero-order valence-corrected chi connectivity index (χ0v) is 19.1. The lowest BCUT2D eigenvalue weighted by Crippen LogP contribution is -2.42. The van der Waals surface area contributed by atoms with Crippen LogP contribution in [0.4, 0.5) is 10.2 Å². The number of hydrogen-bond donors (Lipinski definition) is 3. The summed E-state index contributed by atoms with van der Waals surface area (Å²) in [5.74, 6) is -2.01. The van der Waals surface area contributed by atoms with E-state index in [1.54, 1.807) is 36.7 Å². The third-order valence-electron chi connectivity index (χ3n) is 5.74. The second-order valence-electron chi connectivity index (χ2n) is 8.31. The van der Waals surface area contributed by atoms with Crippen LogP contribution in [0.5, 0.6) is 0 Å². The third kappa shape index (κ3) is 5.08. The highest BCUT2D eigenvalue weighted by Crippen LogP contribution is 2.34. The molecule has 3 N–H and O–H groups in total. The molecule has 0 bridgehead atoms. The van der Waals surface area contributed by atoms with E-state index in [9.17, 15) is 15.2 Å². The van der Waals surface area contributed by atoms with E-state index in [1.165, 1.54) is 6.20 Å². The van der Waals surface area contributed by atoms with Crippen LogP contribution in [-0.4, -0.2) is 37.1 Å². The Bertz CT molecular complexity index is 1410. The lowest BCUT2D eigenvalue weighted by atomic mass is 9.79. The minimum Gasteiger partial charge on any atom is -0.481 e. The summed E-state index contributed by atoms with van der Waals surface area (Å²) >= 11 is 6.10. The average molecular weight is 495 g/mol. The normalized spacial score (nSPS) is 12.0. The number of carboxylic acid groups (broad SMARTS) is 1. The standard InChI is InChI=1S/C24H20ClFN6O2.CH4/c1-24(2,18-5-3-4-6-28-18)19(9-20(33)34)31-23-17(26)7-13(10-27)21(32-23)16-12-30-22-15(16)8-14(25)11-29-22;/h3-8,11-12,19H,9H2,1-2H3,(H,29,30)(H,31,32)(H,33,34);1H4/t19-;/m1./s1. The topological polar surface area (TPSA) is 128 Å². The third-order valence-corrected chi connectivity index (χ3v) is 5.94. The van der Waals surface area contributed by atoms with Crippen LogP contribution in [0.1, 0.15) is 39.0 Å². The maximum Gasteiger partial charge on any atom is 0.305 e. The zero-order chi connectivity index (χ0) is 24.5. The molecular weight excluding hydrogens is 471 g/mol. The molecule has 0 amide bonds. The van der Waals surface area contributed by atoms with Gasteiger partial charge in [0.05, 0.1) is 22.7 Å². The van der Waals surface area contributed by atoms with Crippen LogP contribution in [0.2, 0.25) is 5.02 Å². The van der Waals surface area contributed by atoms with Crippen molar-refractivity contribution in [3.63, 3.8) is 0 Å². The van der Waals surface area contributed by atoms with Crippen LogP contribution in [0.15, 0.2) is 48.9 Å². The Morgan fingerprint density at radius 2 is 2.11 bits per heavy atom. The van der Waals surface area contributed by atoms with E-state index < -0.39 is 23.2 Å². The maximum absolute atomic E-state index is 15.0. The number of aromatic amines is 1. The highest BCUT2D eigenvalue weighted by atomic mass is 35.5. The molecule has 10 heteroatoms. The monoisotopic (exact) mass is 494 g/mol. The summed E-state index contributed by atoms with van der Waals surface area (Å²) in [6.45, 7) is 3.65. The number of pyridine rings is 3. The molecule has 1 atom stereocenters. The lowest BCUT2D eigenvalue weighted by Gasteiger charge is -2.34. The van der Waals surface area contributed by atoms with E-state index >= 15 is 4.39 Å². The summed E-state index contributed by atoms with van der Waals surface area (Å²) in [6.07, 6.45) is 4.40. The number of nitriles is 1. The van der Waals surface area contributed by atoms with E-state index in [4.69, 9.17) is 11.6 Å². The first kappa shape index (κ1) is 25.6. The van der Waals surface area contributed by atoms with Gasteiger partial charge in [-0.25, -0.2) is 14.4 Å². The molecule has 0 fully saturated rings. The van der Waals surface area contributed by atoms with Crippen LogP contribution >= 0.6 is 11.6 Å². The van der Waals surface area contributed by atoms with Gasteiger partial charge >= 0.3 is 5.97 Å². The van der Waals surface area contributed by atoms with Gasteiger partial charge in [-0.05, 0) is 24.3 Å². The van der Waals surface area contributed by atoms with Crippen LogP contribution in [0.3, 0.4) is 0 Å². The number of aromatic nitrogens is 4. The molecule has 4 rings (SSSR count). The number of aliphatic carboxylic acids is 1. The Kier molecular flexibility index (Phi) is 7.37. The molecule has 4 aromatic heterocycles. The Morgan fingerprint density at radius 1 is 1.34 bits per heavy atom. The van der Waals surface area contributed by atoms with Gasteiger partial charge < -0.3 is 15.4 Å². The fourth-order valence-corrected chi connectivity index (χ4v) is 3.96. The highest BCUT2D eigenvalue weighted by Gasteiger charge is 2.35. The summed E-state index contributed by atoms with van der Waals surface area (Å²) in [6, 6.07) is 9.31. The van der Waals surface area contributed by atoms with Gasteiger partial charge in [0.25, 0.3) is 0 Å². The van der Waals surface area contributed by atoms with Gasteiger partial charge in [-0.2, -0.15) is 5.26 Å². The molecule has 0 aliphatic carbocycles. The molecule has 0 aliphatic heterocycles. The fraction of sp³-hybridized carbons (Fsp3) is 0.240. The number of carboxylic acids is 1. The number of nitrogens with zero attached hydrogens (tertiary/aromatic N) is 4. The van der Waals surface area contributed by atoms with Crippen molar-refractivity contribution in [2.75, 3.05) is 5.32 Å². The predicted octanol–water partition coefficient (Wildman–Crippen LogP) is 5.55. The van der Waals surface area contributed by atoms with Gasteiger partial charge in [-0.1, -0.05) is 38.9 Å². The molecule has 0 saturated heterocycles. The summed E-state index contributed by atoms with van der Waals surface area (Å²) < 4.78 is 15.0. The van der Waals surface area contributed by atoms with Crippen molar-refractivity contribution in [1.82, 2.24) is 19.9 Å². The fourth-order valence-electron chi connectivity index (χ4n) is 3.80. The molecule has 0 spiro atoms. The number of carbonyl (C=O) groups is 1. The minimum atomic E-state index is -1.06. The van der Waals surface area contributed by atoms with Crippen molar-refractivity contribution in [2.24, 2.45) is 0 Å². The molecule has 8 nitrogen and oxygen atoms in total. The van der Waals surface area contributed by atoms with E-state index in [1.807, 2.05) is 19.9 Å². The van der Waals surface area contributed by atoms with Crippen LogP contribution in [0, 0.1) is 17.1 Å². The molecule has 4 heterocycles. The SMILES string of the molecule is C.CC(C)(c1ccccn1)[C@@H](CC(=O)O)Nc1nc(-c2c[nH]c3ncc(Cl)cc23)c(C#N)cc1F. The molecule has 0 radical (unpaired) electrons. The first-order valence-corrected chi connectivity index (χ1v) is 10.7. The van der Waals surface area contributed by atoms with Crippen molar-refractivity contribution in [3.8, 4) is 17.3 Å². The van der Waals surface area contributed by atoms with Crippen LogP contribution in [0.25, 0.3) is 22.3 Å². The lowest BCUT2D eigenvalue weighted by molar-refractivity contribution is -0.137. The van der Waals surface area contributed by atoms with Gasteiger partial charge in [0, 0.05) is 46.7 Å². The van der Waals surface area contributed by atoms with Gasteiger partial charge in [-0.3, -0.25) is 9.78 Å². The molecule has 4 aromatic rings. The minimum absolute atomic E-state index is 0. The molecule has 0 aliphatic rings. The van der Waals surface area contributed by atoms with Gasteiger partial charge in [0.2, 0.25) is 0 Å². The Labute approximate surface area is 206 Å². The summed E-state index contributed by atoms with van der Waals surface area (Å²) in [4.78, 5) is 27.6. The number of hydrogen-bond acceptors (Lipinski definition) is 6. The summed E-state index contributed by atoms with van der Waals surface area (Å²) in [5, 5.41) is 23.1. The van der Waals surface area contributed by atoms with E-state index in [0.717, 1.165) is 6.07 Å². The maximum atomic E-state index is 15.0. The van der Waals surface area contributed by atoms with E-state index in [2.05, 4.69) is 25.3 Å². The van der Waals surface area contributed by atoms with E-state index in [-0.39, 0.29) is 30.9 Å². The Balaban J connectivity index is 0.00000342. The molecule has 35 heavy (non-hydrogen) atoms. The second-order valence-corrected chi connectivity index (χ2v) is 8.75. The summed E-state index contributed by atoms with van der Waals surface area (Å²) in [7, 11) is 0. The van der Waals surface area contributed by atoms with Crippen molar-refractivity contribution < 1.29 is 14.3 Å². The molecule has 0 saturated carbocycles. The van der Waals surface area contributed by atoms with Crippen molar-refractivity contribution in [1.29, 1.82) is 5.26 Å². The van der Waals surface area contributed by atoms with Crippen LogP contribution < -0.4 is 5.32 Å². The first-order valence-electron chi connectivity index (χ1n) is 10.3. The van der Waals surface area contributed by atoms with Crippen molar-refractivity contribution in [2.45, 2.75) is 39.2 Å². The number of anilines is 1. The second kappa shape index (κ2) is 10.1. The molecular formula is C25H24ClFN6O2. The van der Waals surface area contributed by atoms with Gasteiger partial charge in [0.1, 0.15) is 11.7 Å². The first-order chi connectivity index (χ1) is 16.2. The average Bonchev–Trinajstić information content (AvgIpc) is 3.22. The summed E-state index contributed by atoms with van der Waals surface area (Å²) in [5.41, 5.74) is 1.13. The number of halogens is 2. The number of H-pyrrole nitrogens is 1. The largest absolute Gasteiger partial charge is 0.481 e. The predicted molar refractivity (Wildman–Crippen MR) is 133 cm³/mol. The van der Waals surface area contributed by atoms with E-state index in [0.29, 0.717) is 27.3 Å². The van der Waals surface area contributed by atoms with Crippen molar-refractivity contribution in [3.05, 3.63) is 71.0 Å². The number of fused-ring (bicyclic) bond motifs is 1. The van der Waals surface area contributed by atoms with Crippen LogP contribution in [-0.2, 0) is 10.2 Å². The zero-order valence-electron chi connectivity index (χ0n) is 18.3. The molecule has 0 unspecified atom stereocenters. The van der Waals surface area contributed by atoms with Crippen molar-refractivity contribution >= 4 is 34.4 Å². The quantitative estimate of drug-likeness (QED) is 0.307. The Morgan fingerprint density at radius 3 is 2.77 bits per heavy atom. The smallest absolute Gasteiger partial charge is 0.305 e. The number of rotatable bonds is 7. The van der Waals surface area contributed by atoms with Gasteiger partial charge in [0.15, 0.2) is 11.6 Å². The number of nitrogens with one attached hydrogen (secondary N) is 2. The molecule has 0 aromatic carbocycles. The Hall–Kier alpha value is -4.03. The molecule has 180 valence electrons. The van der Waals surface area contributed by atoms with Gasteiger partial charge in [-0.15, -0.1) is 0 Å².